The predicted octanol–water partition coefficient (Wildman–Crippen LogP) is 0.885. The molecule has 0 aromatic heterocycles. The van der Waals surface area contributed by atoms with Crippen molar-refractivity contribution in [3.8, 4) is 5.75 Å². The molecule has 4 N–H and O–H groups in total. The highest BCUT2D eigenvalue weighted by Crippen LogP contribution is 2.32. The van der Waals surface area contributed by atoms with Crippen LogP contribution in [-0.2, 0) is 21.4 Å². The van der Waals surface area contributed by atoms with Gasteiger partial charge in [-0.3, -0.25) is 4.79 Å². The molecule has 0 spiro atoms. The number of nitrogens with zero attached hydrogens (tertiary/aromatic N) is 1. The Balaban J connectivity index is 1.91. The number of nitrogens with one attached hydrogen (secondary N) is 1. The van der Waals surface area contributed by atoms with Gasteiger partial charge in [0.05, 0.1) is 5.69 Å². The van der Waals surface area contributed by atoms with Gasteiger partial charge in [0, 0.05) is 5.69 Å². The summed E-state index contributed by atoms with van der Waals surface area (Å²) in [7, 11) is -3.99. The lowest BCUT2D eigenvalue weighted by Crippen LogP contribution is -2.29. The molecule has 0 bridgehead atoms. The van der Waals surface area contributed by atoms with Crippen LogP contribution in [0.25, 0.3) is 0 Å². The number of nitrogens with two attached hydrogens (primary N) is 1. The third-order valence-corrected chi connectivity index (χ3v) is 5.02. The first-order valence-electron chi connectivity index (χ1n) is 6.95. The fraction of sp³-hybridized carbons (Fsp3) is 0.133. The van der Waals surface area contributed by atoms with E-state index in [0.717, 1.165) is 4.31 Å². The highest BCUT2D eigenvalue weighted by Gasteiger charge is 2.35. The van der Waals surface area contributed by atoms with Crippen LogP contribution in [0, 0.1) is 5.82 Å². The summed E-state index contributed by atoms with van der Waals surface area (Å²) in [6.07, 6.45) is 0.265. The topological polar surface area (TPSA) is 113 Å². The lowest BCUT2D eigenvalue weighted by Gasteiger charge is -2.17. The molecule has 9 heteroatoms. The van der Waals surface area contributed by atoms with Crippen LogP contribution in [0.15, 0.2) is 36.4 Å². The molecule has 1 heterocycles. The maximum atomic E-state index is 13.3. The molecule has 1 fully saturated rings. The van der Waals surface area contributed by atoms with Gasteiger partial charge in [0.25, 0.3) is 5.91 Å². The van der Waals surface area contributed by atoms with Gasteiger partial charge in [0.15, 0.2) is 0 Å². The summed E-state index contributed by atoms with van der Waals surface area (Å²) < 4.78 is 39.5. The molecular formula is C15H14FN3O4S. The minimum Gasteiger partial charge on any atom is -0.506 e. The number of carbonyl (C=O) groups excluding carboxylic acids is 1. The fourth-order valence-corrected chi connectivity index (χ4v) is 3.66. The fourth-order valence-electron chi connectivity index (χ4n) is 2.50. The average Bonchev–Trinajstić information content (AvgIpc) is 2.76. The van der Waals surface area contributed by atoms with Crippen LogP contribution in [0.3, 0.4) is 0 Å². The van der Waals surface area contributed by atoms with Crippen LogP contribution >= 0.6 is 0 Å². The van der Waals surface area contributed by atoms with Gasteiger partial charge in [-0.2, -0.15) is 8.42 Å². The highest BCUT2D eigenvalue weighted by atomic mass is 32.2. The smallest absolute Gasteiger partial charge is 0.326 e. The summed E-state index contributed by atoms with van der Waals surface area (Å²) in [4.78, 5) is 11.3. The normalized spacial score (nSPS) is 16.2. The second kappa shape index (κ2) is 5.68. The van der Waals surface area contributed by atoms with E-state index in [-0.39, 0.29) is 17.9 Å². The summed E-state index contributed by atoms with van der Waals surface area (Å²) in [5.74, 6) is -1.40. The van der Waals surface area contributed by atoms with Gasteiger partial charge in [-0.25, -0.2) is 13.4 Å². The quantitative estimate of drug-likeness (QED) is 0.711. The van der Waals surface area contributed by atoms with Crippen molar-refractivity contribution in [2.24, 2.45) is 0 Å². The summed E-state index contributed by atoms with van der Waals surface area (Å²) in [6.45, 7) is -0.397. The first-order chi connectivity index (χ1) is 11.3. The molecule has 0 atom stereocenters. The van der Waals surface area contributed by atoms with E-state index in [1.807, 2.05) is 4.72 Å². The molecule has 24 heavy (non-hydrogen) atoms. The Morgan fingerprint density at radius 3 is 2.62 bits per heavy atom. The monoisotopic (exact) mass is 351 g/mol. The van der Waals surface area contributed by atoms with Gasteiger partial charge in [0.2, 0.25) is 0 Å². The van der Waals surface area contributed by atoms with Crippen molar-refractivity contribution in [3.05, 3.63) is 53.3 Å². The number of benzene rings is 2. The molecule has 1 saturated heterocycles. The van der Waals surface area contributed by atoms with Crippen LogP contribution < -0.4 is 14.8 Å². The number of phenolic OH excluding ortho intramolecular Hbond substituents is 1. The number of anilines is 2. The number of rotatable bonds is 3. The van der Waals surface area contributed by atoms with E-state index in [2.05, 4.69) is 0 Å². The summed E-state index contributed by atoms with van der Waals surface area (Å²) in [6, 6.07) is 8.33. The third kappa shape index (κ3) is 2.98. The Kier molecular flexibility index (Phi) is 3.80. The van der Waals surface area contributed by atoms with Crippen molar-refractivity contribution < 1.29 is 22.7 Å². The zero-order valence-corrected chi connectivity index (χ0v) is 13.2. The molecule has 0 aliphatic carbocycles. The maximum absolute atomic E-state index is 13.3. The molecule has 126 valence electrons. The van der Waals surface area contributed by atoms with Crippen molar-refractivity contribution >= 4 is 27.5 Å². The lowest BCUT2D eigenvalue weighted by atomic mass is 10.0. The molecule has 1 aliphatic heterocycles. The van der Waals surface area contributed by atoms with Crippen molar-refractivity contribution in [3.63, 3.8) is 0 Å². The minimum atomic E-state index is -3.99. The second-order valence-electron chi connectivity index (χ2n) is 5.38. The largest absolute Gasteiger partial charge is 0.506 e. The van der Waals surface area contributed by atoms with E-state index in [1.165, 1.54) is 30.3 Å². The van der Waals surface area contributed by atoms with E-state index in [1.54, 1.807) is 6.07 Å². The number of aromatic hydroxyl groups is 1. The van der Waals surface area contributed by atoms with Gasteiger partial charge in [-0.15, -0.1) is 0 Å². The van der Waals surface area contributed by atoms with Crippen molar-refractivity contribution in [2.75, 3.05) is 16.6 Å². The number of amides is 1. The molecule has 0 unspecified atom stereocenters. The van der Waals surface area contributed by atoms with E-state index < -0.39 is 28.5 Å². The van der Waals surface area contributed by atoms with Gasteiger partial charge in [-0.1, -0.05) is 6.07 Å². The van der Waals surface area contributed by atoms with Crippen LogP contribution in [-0.4, -0.2) is 26.0 Å². The molecule has 1 aliphatic rings. The molecular weight excluding hydrogens is 337 g/mol. The zero-order chi connectivity index (χ0) is 17.5. The zero-order valence-electron chi connectivity index (χ0n) is 12.4. The minimum absolute atomic E-state index is 0.00989. The molecule has 7 nitrogen and oxygen atoms in total. The number of hydrogen-bond donors (Lipinski definition) is 3. The Morgan fingerprint density at radius 2 is 2.00 bits per heavy atom. The van der Waals surface area contributed by atoms with Crippen LogP contribution in [0.1, 0.15) is 11.1 Å². The summed E-state index contributed by atoms with van der Waals surface area (Å²) >= 11 is 0. The van der Waals surface area contributed by atoms with E-state index in [0.29, 0.717) is 16.8 Å². The molecule has 0 radical (unpaired) electrons. The van der Waals surface area contributed by atoms with Crippen molar-refractivity contribution in [2.45, 2.75) is 6.42 Å². The molecule has 2 aromatic carbocycles. The number of halogens is 1. The van der Waals surface area contributed by atoms with Crippen LogP contribution in [0.2, 0.25) is 0 Å². The van der Waals surface area contributed by atoms with Gasteiger partial charge in [0.1, 0.15) is 18.1 Å². The average molecular weight is 351 g/mol. The first-order valence-corrected chi connectivity index (χ1v) is 8.39. The Hall–Kier alpha value is -2.81. The van der Waals surface area contributed by atoms with Gasteiger partial charge >= 0.3 is 10.2 Å². The lowest BCUT2D eigenvalue weighted by molar-refractivity contribution is -0.117. The van der Waals surface area contributed by atoms with Gasteiger partial charge < -0.3 is 10.8 Å². The summed E-state index contributed by atoms with van der Waals surface area (Å²) in [5.41, 5.74) is 7.36. The Labute approximate surface area is 137 Å². The molecule has 1 amide bonds. The molecule has 0 saturated carbocycles. The van der Waals surface area contributed by atoms with E-state index >= 15 is 0 Å². The van der Waals surface area contributed by atoms with Crippen LogP contribution in [0.4, 0.5) is 15.8 Å². The number of hydrogen-bond acceptors (Lipinski definition) is 5. The van der Waals surface area contributed by atoms with Crippen molar-refractivity contribution in [1.82, 2.24) is 4.72 Å². The molecule has 3 rings (SSSR count). The van der Waals surface area contributed by atoms with E-state index in [4.69, 9.17) is 5.73 Å². The SMILES string of the molecule is Nc1ccc(F)cc1Cc1ccc(N2CC(=O)NS2(=O)=O)c(O)c1. The van der Waals surface area contributed by atoms with Crippen LogP contribution in [0.5, 0.6) is 5.75 Å². The number of phenols is 1. The van der Waals surface area contributed by atoms with Crippen molar-refractivity contribution in [1.29, 1.82) is 0 Å². The number of carbonyl (C=O) groups is 1. The predicted molar refractivity (Wildman–Crippen MR) is 86.1 cm³/mol. The van der Waals surface area contributed by atoms with E-state index in [9.17, 15) is 22.7 Å². The summed E-state index contributed by atoms with van der Waals surface area (Å²) in [5, 5.41) is 10.1. The Morgan fingerprint density at radius 1 is 1.25 bits per heavy atom. The first kappa shape index (κ1) is 16.1. The standard InChI is InChI=1S/C15H14FN3O4S/c16-11-2-3-12(17)10(7-11)5-9-1-4-13(14(20)6-9)19-8-15(21)18-24(19,22)23/h1-4,6-7,20H,5,8,17H2,(H,18,21). The molecule has 2 aromatic rings. The number of nitrogen functional groups attached to an aromatic ring is 1. The maximum Gasteiger partial charge on any atom is 0.326 e. The second-order valence-corrected chi connectivity index (χ2v) is 6.97. The Bertz CT molecular complexity index is 930. The van der Waals surface area contributed by atoms with Gasteiger partial charge in [-0.05, 0) is 47.9 Å². The highest BCUT2D eigenvalue weighted by molar-refractivity contribution is 7.92. The third-order valence-electron chi connectivity index (χ3n) is 3.63.